The van der Waals surface area contributed by atoms with Crippen molar-refractivity contribution in [1.82, 2.24) is 0 Å². The summed E-state index contributed by atoms with van der Waals surface area (Å²) in [7, 11) is 0. The first kappa shape index (κ1) is 16.5. The molecule has 0 amide bonds. The highest BCUT2D eigenvalue weighted by Crippen LogP contribution is 2.26. The summed E-state index contributed by atoms with van der Waals surface area (Å²) in [6, 6.07) is 0. The van der Waals surface area contributed by atoms with Crippen LogP contribution in [-0.2, 0) is 4.79 Å². The standard InChI is InChI=1S/C11H22O6/c1-7(10(16)5-14)9(11(17)6-15)2-8(3-12)4-13/h6-14,16-17H,2-5H2,1H3/t7-,9-,10+,11+/m1/s1. The van der Waals surface area contributed by atoms with Gasteiger partial charge in [0.05, 0.1) is 12.7 Å². The van der Waals surface area contributed by atoms with E-state index in [2.05, 4.69) is 0 Å². The van der Waals surface area contributed by atoms with Crippen LogP contribution in [0.5, 0.6) is 0 Å². The third-order valence-corrected chi connectivity index (χ3v) is 3.17. The van der Waals surface area contributed by atoms with E-state index in [9.17, 15) is 15.0 Å². The first-order chi connectivity index (χ1) is 8.01. The largest absolute Gasteiger partial charge is 0.396 e. The number of aldehydes is 1. The fraction of sp³-hybridized carbons (Fsp3) is 0.909. The summed E-state index contributed by atoms with van der Waals surface area (Å²) >= 11 is 0. The van der Waals surface area contributed by atoms with Crippen molar-refractivity contribution in [3.63, 3.8) is 0 Å². The molecule has 5 N–H and O–H groups in total. The Morgan fingerprint density at radius 2 is 1.59 bits per heavy atom. The summed E-state index contributed by atoms with van der Waals surface area (Å²) in [4.78, 5) is 10.6. The highest BCUT2D eigenvalue weighted by Gasteiger charge is 2.31. The van der Waals surface area contributed by atoms with Crippen LogP contribution in [0.2, 0.25) is 0 Å². The quantitative estimate of drug-likeness (QED) is 0.306. The molecule has 0 aliphatic carbocycles. The fourth-order valence-electron chi connectivity index (χ4n) is 1.81. The van der Waals surface area contributed by atoms with Gasteiger partial charge < -0.3 is 30.3 Å². The minimum Gasteiger partial charge on any atom is -0.396 e. The van der Waals surface area contributed by atoms with Gasteiger partial charge in [0.25, 0.3) is 0 Å². The van der Waals surface area contributed by atoms with Gasteiger partial charge in [-0.25, -0.2) is 0 Å². The zero-order chi connectivity index (χ0) is 13.4. The minimum absolute atomic E-state index is 0.200. The lowest BCUT2D eigenvalue weighted by Crippen LogP contribution is -2.38. The highest BCUT2D eigenvalue weighted by molar-refractivity contribution is 5.56. The molecule has 0 aliphatic heterocycles. The molecule has 102 valence electrons. The lowest BCUT2D eigenvalue weighted by atomic mass is 9.79. The van der Waals surface area contributed by atoms with E-state index in [0.29, 0.717) is 6.29 Å². The van der Waals surface area contributed by atoms with Crippen LogP contribution in [0.3, 0.4) is 0 Å². The van der Waals surface area contributed by atoms with Gasteiger partial charge in [-0.1, -0.05) is 6.92 Å². The van der Waals surface area contributed by atoms with Crippen molar-refractivity contribution in [1.29, 1.82) is 0 Å². The molecule has 6 heteroatoms. The zero-order valence-corrected chi connectivity index (χ0v) is 9.94. The number of carbonyl (C=O) groups is 1. The maximum atomic E-state index is 10.6. The molecular formula is C11H22O6. The Bertz CT molecular complexity index is 206. The van der Waals surface area contributed by atoms with E-state index in [1.165, 1.54) is 0 Å². The predicted molar refractivity (Wildman–Crippen MR) is 60.1 cm³/mol. The van der Waals surface area contributed by atoms with Gasteiger partial charge >= 0.3 is 0 Å². The van der Waals surface area contributed by atoms with Crippen molar-refractivity contribution >= 4 is 6.29 Å². The van der Waals surface area contributed by atoms with Crippen molar-refractivity contribution in [3.05, 3.63) is 0 Å². The molecule has 0 saturated carbocycles. The molecule has 0 fully saturated rings. The average Bonchev–Trinajstić information content (AvgIpc) is 2.37. The molecule has 6 nitrogen and oxygen atoms in total. The van der Waals surface area contributed by atoms with Crippen LogP contribution < -0.4 is 0 Å². The Hall–Kier alpha value is -0.530. The second-order valence-electron chi connectivity index (χ2n) is 4.37. The molecular weight excluding hydrogens is 228 g/mol. The smallest absolute Gasteiger partial charge is 0.148 e. The summed E-state index contributed by atoms with van der Waals surface area (Å²) in [5.41, 5.74) is 0. The van der Waals surface area contributed by atoms with Crippen molar-refractivity contribution in [2.45, 2.75) is 25.6 Å². The Balaban J connectivity index is 4.68. The lowest BCUT2D eigenvalue weighted by molar-refractivity contribution is -0.120. The summed E-state index contributed by atoms with van der Waals surface area (Å²) < 4.78 is 0. The monoisotopic (exact) mass is 250 g/mol. The second kappa shape index (κ2) is 8.54. The first-order valence-corrected chi connectivity index (χ1v) is 5.65. The Labute approximate surface area is 101 Å². The molecule has 0 aliphatic rings. The van der Waals surface area contributed by atoms with Crippen LogP contribution in [0, 0.1) is 17.8 Å². The molecule has 17 heavy (non-hydrogen) atoms. The van der Waals surface area contributed by atoms with Gasteiger partial charge in [0.2, 0.25) is 0 Å². The first-order valence-electron chi connectivity index (χ1n) is 5.65. The topological polar surface area (TPSA) is 118 Å². The zero-order valence-electron chi connectivity index (χ0n) is 9.94. The van der Waals surface area contributed by atoms with E-state index >= 15 is 0 Å². The third-order valence-electron chi connectivity index (χ3n) is 3.17. The van der Waals surface area contributed by atoms with Crippen LogP contribution in [-0.4, -0.2) is 63.8 Å². The summed E-state index contributed by atoms with van der Waals surface area (Å²) in [5, 5.41) is 45.8. The number of hydrogen-bond acceptors (Lipinski definition) is 6. The van der Waals surface area contributed by atoms with Gasteiger partial charge in [-0.05, 0) is 18.3 Å². The summed E-state index contributed by atoms with van der Waals surface area (Å²) in [6.45, 7) is 0.608. The van der Waals surface area contributed by atoms with E-state index in [4.69, 9.17) is 15.3 Å². The SMILES string of the molecule is C[C@H]([C@@H](CC(CO)CO)[C@@H](O)C=O)[C@@H](O)CO. The molecule has 0 aromatic heterocycles. The van der Waals surface area contributed by atoms with Crippen LogP contribution in [0.1, 0.15) is 13.3 Å². The molecule has 0 rings (SSSR count). The molecule has 4 atom stereocenters. The average molecular weight is 250 g/mol. The maximum Gasteiger partial charge on any atom is 0.148 e. The number of aliphatic hydroxyl groups excluding tert-OH is 5. The van der Waals surface area contributed by atoms with Gasteiger partial charge in [-0.2, -0.15) is 0 Å². The molecule has 0 bridgehead atoms. The maximum absolute atomic E-state index is 10.6. The Morgan fingerprint density at radius 3 is 1.94 bits per heavy atom. The van der Waals surface area contributed by atoms with Gasteiger partial charge in [0, 0.05) is 19.1 Å². The number of carbonyl (C=O) groups excluding carboxylic acids is 1. The van der Waals surface area contributed by atoms with Gasteiger partial charge in [0.15, 0.2) is 0 Å². The number of aliphatic hydroxyl groups is 5. The van der Waals surface area contributed by atoms with Gasteiger partial charge in [-0.15, -0.1) is 0 Å². The van der Waals surface area contributed by atoms with E-state index in [-0.39, 0.29) is 19.6 Å². The van der Waals surface area contributed by atoms with Gasteiger partial charge in [0.1, 0.15) is 12.4 Å². The molecule has 0 heterocycles. The van der Waals surface area contributed by atoms with E-state index in [0.717, 1.165) is 0 Å². The Morgan fingerprint density at radius 1 is 1.06 bits per heavy atom. The lowest BCUT2D eigenvalue weighted by Gasteiger charge is -2.30. The van der Waals surface area contributed by atoms with Crippen molar-refractivity contribution in [3.8, 4) is 0 Å². The van der Waals surface area contributed by atoms with Crippen LogP contribution >= 0.6 is 0 Å². The van der Waals surface area contributed by atoms with Crippen LogP contribution in [0.15, 0.2) is 0 Å². The Kier molecular flexibility index (Phi) is 8.28. The summed E-state index contributed by atoms with van der Waals surface area (Å²) in [6.07, 6.45) is -1.78. The third kappa shape index (κ3) is 5.10. The second-order valence-corrected chi connectivity index (χ2v) is 4.37. The molecule has 0 aromatic carbocycles. The number of rotatable bonds is 9. The fourth-order valence-corrected chi connectivity index (χ4v) is 1.81. The van der Waals surface area contributed by atoms with E-state index < -0.39 is 36.6 Å². The van der Waals surface area contributed by atoms with Crippen molar-refractivity contribution in [2.75, 3.05) is 19.8 Å². The van der Waals surface area contributed by atoms with E-state index in [1.807, 2.05) is 0 Å². The molecule has 0 radical (unpaired) electrons. The van der Waals surface area contributed by atoms with Crippen LogP contribution in [0.25, 0.3) is 0 Å². The predicted octanol–water partition coefficient (Wildman–Crippen LogP) is -1.86. The molecule has 0 saturated heterocycles. The van der Waals surface area contributed by atoms with Crippen molar-refractivity contribution in [2.24, 2.45) is 17.8 Å². The molecule has 0 aromatic rings. The van der Waals surface area contributed by atoms with Gasteiger partial charge in [-0.3, -0.25) is 0 Å². The normalized spacial score (nSPS) is 18.8. The number of hydrogen-bond donors (Lipinski definition) is 5. The highest BCUT2D eigenvalue weighted by atomic mass is 16.3. The van der Waals surface area contributed by atoms with E-state index in [1.54, 1.807) is 6.92 Å². The summed E-state index contributed by atoms with van der Waals surface area (Å²) in [5.74, 6) is -1.58. The minimum atomic E-state index is -1.29. The van der Waals surface area contributed by atoms with Crippen LogP contribution in [0.4, 0.5) is 0 Å². The molecule has 0 unspecified atom stereocenters. The molecule has 0 spiro atoms. The van der Waals surface area contributed by atoms with Crippen molar-refractivity contribution < 1.29 is 30.3 Å².